The summed E-state index contributed by atoms with van der Waals surface area (Å²) in [6.07, 6.45) is 29.4. The third-order valence-corrected chi connectivity index (χ3v) is 4.97. The lowest BCUT2D eigenvalue weighted by Crippen LogP contribution is -1.83. The first-order valence-corrected chi connectivity index (χ1v) is 10.1. The SMILES string of the molecule is BrCCCCCCCCCCCC1=CC(=C2C=CC=C2)C=C1. The second-order valence-electron chi connectivity index (χ2n) is 6.30. The van der Waals surface area contributed by atoms with Crippen molar-refractivity contribution in [1.82, 2.24) is 0 Å². The number of allylic oxidation sites excluding steroid dienone is 10. The molecule has 0 aromatic rings. The van der Waals surface area contributed by atoms with Crippen LogP contribution in [0.5, 0.6) is 0 Å². The van der Waals surface area contributed by atoms with E-state index in [-0.39, 0.29) is 0 Å². The zero-order valence-corrected chi connectivity index (χ0v) is 15.3. The molecule has 0 N–H and O–H groups in total. The topological polar surface area (TPSA) is 0 Å². The molecule has 0 radical (unpaired) electrons. The highest BCUT2D eigenvalue weighted by molar-refractivity contribution is 9.09. The summed E-state index contributed by atoms with van der Waals surface area (Å²) in [5.41, 5.74) is 4.24. The number of alkyl halides is 1. The summed E-state index contributed by atoms with van der Waals surface area (Å²) < 4.78 is 0. The van der Waals surface area contributed by atoms with E-state index in [4.69, 9.17) is 0 Å². The van der Waals surface area contributed by atoms with Crippen LogP contribution < -0.4 is 0 Å². The molecule has 0 spiro atoms. The standard InChI is InChI=1S/C21H29Br/c22-17-11-7-5-3-1-2-4-6-8-12-19-15-16-21(18-19)20-13-9-10-14-20/h9-10,13-16,18H,1-8,11-12,17H2. The maximum absolute atomic E-state index is 3.49. The fraction of sp³-hybridized carbons (Fsp3) is 0.524. The average Bonchev–Trinajstić information content (AvgIpc) is 3.19. The highest BCUT2D eigenvalue weighted by atomic mass is 79.9. The molecule has 0 saturated carbocycles. The third-order valence-electron chi connectivity index (χ3n) is 4.41. The number of hydrogen-bond donors (Lipinski definition) is 0. The maximum atomic E-state index is 3.49. The lowest BCUT2D eigenvalue weighted by Gasteiger charge is -2.02. The quantitative estimate of drug-likeness (QED) is 0.270. The Morgan fingerprint density at radius 3 is 1.82 bits per heavy atom. The van der Waals surface area contributed by atoms with Crippen LogP contribution in [-0.2, 0) is 0 Å². The summed E-state index contributed by atoms with van der Waals surface area (Å²) in [6, 6.07) is 0. The molecule has 0 fully saturated rings. The van der Waals surface area contributed by atoms with Crippen LogP contribution in [0.2, 0.25) is 0 Å². The largest absolute Gasteiger partial charge is 0.0928 e. The van der Waals surface area contributed by atoms with Crippen LogP contribution in [0, 0.1) is 0 Å². The van der Waals surface area contributed by atoms with E-state index in [1.165, 1.54) is 86.3 Å². The second kappa shape index (κ2) is 10.8. The maximum Gasteiger partial charge on any atom is 0.00313 e. The summed E-state index contributed by atoms with van der Waals surface area (Å²) >= 11 is 3.49. The molecule has 0 aliphatic heterocycles. The van der Waals surface area contributed by atoms with Crippen LogP contribution in [0.25, 0.3) is 0 Å². The van der Waals surface area contributed by atoms with Crippen LogP contribution in [0.15, 0.2) is 59.3 Å². The molecule has 2 aliphatic rings. The number of hydrogen-bond acceptors (Lipinski definition) is 0. The molecule has 0 bridgehead atoms. The van der Waals surface area contributed by atoms with Gasteiger partial charge in [-0.25, -0.2) is 0 Å². The van der Waals surface area contributed by atoms with E-state index < -0.39 is 0 Å². The van der Waals surface area contributed by atoms with E-state index in [1.54, 1.807) is 0 Å². The van der Waals surface area contributed by atoms with Crippen molar-refractivity contribution in [3.05, 3.63) is 59.3 Å². The molecule has 0 atom stereocenters. The van der Waals surface area contributed by atoms with E-state index in [0.717, 1.165) is 0 Å². The van der Waals surface area contributed by atoms with Gasteiger partial charge < -0.3 is 0 Å². The first kappa shape index (κ1) is 17.5. The van der Waals surface area contributed by atoms with Gasteiger partial charge in [-0.2, -0.15) is 0 Å². The van der Waals surface area contributed by atoms with Gasteiger partial charge in [-0.1, -0.05) is 103 Å². The van der Waals surface area contributed by atoms with Crippen LogP contribution in [-0.4, -0.2) is 5.33 Å². The van der Waals surface area contributed by atoms with Crippen molar-refractivity contribution >= 4 is 15.9 Å². The van der Waals surface area contributed by atoms with Gasteiger partial charge in [0.15, 0.2) is 0 Å². The highest BCUT2D eigenvalue weighted by Crippen LogP contribution is 2.25. The van der Waals surface area contributed by atoms with Gasteiger partial charge in [0.2, 0.25) is 0 Å². The molecular weight excluding hydrogens is 332 g/mol. The van der Waals surface area contributed by atoms with Crippen LogP contribution in [0.3, 0.4) is 0 Å². The normalized spacial score (nSPS) is 16.1. The highest BCUT2D eigenvalue weighted by Gasteiger charge is 2.06. The van der Waals surface area contributed by atoms with Crippen LogP contribution in [0.1, 0.15) is 64.2 Å². The molecule has 0 unspecified atom stereocenters. The minimum absolute atomic E-state index is 1.17. The molecule has 0 amide bonds. The third kappa shape index (κ3) is 6.52. The first-order valence-electron chi connectivity index (χ1n) is 8.94. The predicted molar refractivity (Wildman–Crippen MR) is 102 cm³/mol. The number of halogens is 1. The molecule has 1 heteroatoms. The molecule has 22 heavy (non-hydrogen) atoms. The van der Waals surface area contributed by atoms with E-state index in [1.807, 2.05) is 0 Å². The molecule has 0 saturated heterocycles. The fourth-order valence-electron chi connectivity index (χ4n) is 3.06. The molecule has 0 aromatic heterocycles. The Morgan fingerprint density at radius 1 is 0.591 bits per heavy atom. The van der Waals surface area contributed by atoms with Crippen molar-refractivity contribution in [3.8, 4) is 0 Å². The van der Waals surface area contributed by atoms with Crippen molar-refractivity contribution in [2.75, 3.05) is 5.33 Å². The minimum atomic E-state index is 1.17. The molecule has 2 rings (SSSR count). The van der Waals surface area contributed by atoms with Crippen LogP contribution >= 0.6 is 15.9 Å². The molecule has 2 aliphatic carbocycles. The van der Waals surface area contributed by atoms with Gasteiger partial charge in [0.1, 0.15) is 0 Å². The van der Waals surface area contributed by atoms with Gasteiger partial charge in [0, 0.05) is 5.33 Å². The number of unbranched alkanes of at least 4 members (excludes halogenated alkanes) is 8. The Morgan fingerprint density at radius 2 is 1.18 bits per heavy atom. The zero-order chi connectivity index (χ0) is 15.5. The van der Waals surface area contributed by atoms with Crippen molar-refractivity contribution in [2.24, 2.45) is 0 Å². The lowest BCUT2D eigenvalue weighted by molar-refractivity contribution is 0.566. The average molecular weight is 361 g/mol. The summed E-state index contributed by atoms with van der Waals surface area (Å²) in [4.78, 5) is 0. The summed E-state index contributed by atoms with van der Waals surface area (Å²) in [5, 5.41) is 1.17. The molecule has 120 valence electrons. The molecular formula is C21H29Br. The summed E-state index contributed by atoms with van der Waals surface area (Å²) in [5.74, 6) is 0. The molecule has 0 heterocycles. The summed E-state index contributed by atoms with van der Waals surface area (Å²) in [6.45, 7) is 0. The minimum Gasteiger partial charge on any atom is -0.0928 e. The Balaban J connectivity index is 1.49. The van der Waals surface area contributed by atoms with Gasteiger partial charge in [0.05, 0.1) is 0 Å². The van der Waals surface area contributed by atoms with Gasteiger partial charge in [-0.05, 0) is 36.0 Å². The zero-order valence-electron chi connectivity index (χ0n) is 13.7. The smallest absolute Gasteiger partial charge is 0.00313 e. The monoisotopic (exact) mass is 360 g/mol. The second-order valence-corrected chi connectivity index (χ2v) is 7.10. The van der Waals surface area contributed by atoms with Gasteiger partial charge >= 0.3 is 0 Å². The van der Waals surface area contributed by atoms with Crippen molar-refractivity contribution in [3.63, 3.8) is 0 Å². The van der Waals surface area contributed by atoms with Gasteiger partial charge in [-0.15, -0.1) is 0 Å². The van der Waals surface area contributed by atoms with E-state index in [0.29, 0.717) is 0 Å². The van der Waals surface area contributed by atoms with Crippen molar-refractivity contribution in [2.45, 2.75) is 64.2 Å². The Hall–Kier alpha value is -0.820. The Bertz CT molecular complexity index is 460. The van der Waals surface area contributed by atoms with Gasteiger partial charge in [-0.3, -0.25) is 0 Å². The number of rotatable bonds is 11. The first-order chi connectivity index (χ1) is 10.9. The molecule has 0 nitrogen and oxygen atoms in total. The Kier molecular flexibility index (Phi) is 8.63. The van der Waals surface area contributed by atoms with E-state index in [2.05, 4.69) is 58.5 Å². The molecule has 0 aromatic carbocycles. The van der Waals surface area contributed by atoms with Crippen LogP contribution in [0.4, 0.5) is 0 Å². The summed E-state index contributed by atoms with van der Waals surface area (Å²) in [7, 11) is 0. The van der Waals surface area contributed by atoms with Gasteiger partial charge in [0.25, 0.3) is 0 Å². The van der Waals surface area contributed by atoms with E-state index >= 15 is 0 Å². The van der Waals surface area contributed by atoms with Crippen molar-refractivity contribution < 1.29 is 0 Å². The predicted octanol–water partition coefficient (Wildman–Crippen LogP) is 7.20. The lowest BCUT2D eigenvalue weighted by atomic mass is 10.0. The van der Waals surface area contributed by atoms with Crippen molar-refractivity contribution in [1.29, 1.82) is 0 Å². The Labute approximate surface area is 144 Å². The van der Waals surface area contributed by atoms with E-state index in [9.17, 15) is 0 Å². The fourth-order valence-corrected chi connectivity index (χ4v) is 3.45.